The molecule has 0 aliphatic carbocycles. The molecule has 1 aliphatic heterocycles. The summed E-state index contributed by atoms with van der Waals surface area (Å²) in [5.74, 6) is 0.151. The first-order valence-electron chi connectivity index (χ1n) is 5.40. The Hall–Kier alpha value is -1.51. The molecule has 0 radical (unpaired) electrons. The molecular formula is C12H16N2O. The quantitative estimate of drug-likeness (QED) is 0.766. The summed E-state index contributed by atoms with van der Waals surface area (Å²) in [6, 6.07) is 5.53. The molecule has 0 unspecified atom stereocenters. The summed E-state index contributed by atoms with van der Waals surface area (Å²) in [6.07, 6.45) is 2.18. The van der Waals surface area contributed by atoms with Crippen LogP contribution in [0.5, 0.6) is 0 Å². The maximum absolute atomic E-state index is 11.9. The molecular weight excluding hydrogens is 188 g/mol. The van der Waals surface area contributed by atoms with Crippen molar-refractivity contribution in [2.45, 2.75) is 26.3 Å². The predicted octanol–water partition coefficient (Wildman–Crippen LogP) is 2.02. The van der Waals surface area contributed by atoms with Gasteiger partial charge in [0.1, 0.15) is 0 Å². The van der Waals surface area contributed by atoms with E-state index in [0.29, 0.717) is 0 Å². The number of anilines is 1. The monoisotopic (exact) mass is 204 g/mol. The molecule has 0 fully saturated rings. The molecule has 1 aromatic rings. The number of carbonyl (C=O) groups excluding carboxylic acids is 1. The van der Waals surface area contributed by atoms with Crippen molar-refractivity contribution in [2.75, 3.05) is 12.3 Å². The highest BCUT2D eigenvalue weighted by Crippen LogP contribution is 2.24. The summed E-state index contributed by atoms with van der Waals surface area (Å²) in [7, 11) is 0. The summed E-state index contributed by atoms with van der Waals surface area (Å²) in [4.78, 5) is 13.8. The summed E-state index contributed by atoms with van der Waals surface area (Å²) in [5.41, 5.74) is 8.31. The van der Waals surface area contributed by atoms with Crippen LogP contribution in [0.3, 0.4) is 0 Å². The van der Waals surface area contributed by atoms with E-state index in [0.717, 1.165) is 42.7 Å². The van der Waals surface area contributed by atoms with Gasteiger partial charge >= 0.3 is 0 Å². The van der Waals surface area contributed by atoms with Crippen LogP contribution in [-0.2, 0) is 6.54 Å². The molecule has 0 bridgehead atoms. The highest BCUT2D eigenvalue weighted by atomic mass is 16.2. The van der Waals surface area contributed by atoms with Crippen LogP contribution in [0.25, 0.3) is 0 Å². The maximum Gasteiger partial charge on any atom is 0.254 e. The van der Waals surface area contributed by atoms with Crippen molar-refractivity contribution >= 4 is 11.6 Å². The Morgan fingerprint density at radius 3 is 3.00 bits per heavy atom. The number of amides is 1. The predicted molar refractivity (Wildman–Crippen MR) is 60.5 cm³/mol. The van der Waals surface area contributed by atoms with Gasteiger partial charge in [-0.05, 0) is 30.2 Å². The topological polar surface area (TPSA) is 46.3 Å². The zero-order valence-electron chi connectivity index (χ0n) is 8.99. The van der Waals surface area contributed by atoms with E-state index >= 15 is 0 Å². The minimum absolute atomic E-state index is 0.151. The van der Waals surface area contributed by atoms with Crippen LogP contribution < -0.4 is 5.73 Å². The largest absolute Gasteiger partial charge is 0.399 e. The second-order valence-electron chi connectivity index (χ2n) is 4.00. The van der Waals surface area contributed by atoms with Gasteiger partial charge in [0.15, 0.2) is 0 Å². The van der Waals surface area contributed by atoms with Gasteiger partial charge in [0.2, 0.25) is 0 Å². The van der Waals surface area contributed by atoms with Crippen molar-refractivity contribution in [3.05, 3.63) is 29.3 Å². The number of nitrogens with two attached hydrogens (primary N) is 1. The molecule has 0 spiro atoms. The van der Waals surface area contributed by atoms with Crippen molar-refractivity contribution in [2.24, 2.45) is 0 Å². The fourth-order valence-electron chi connectivity index (χ4n) is 1.93. The van der Waals surface area contributed by atoms with Crippen LogP contribution in [0.2, 0.25) is 0 Å². The number of rotatable bonds is 3. The molecule has 15 heavy (non-hydrogen) atoms. The van der Waals surface area contributed by atoms with Crippen molar-refractivity contribution in [1.82, 2.24) is 4.90 Å². The number of carbonyl (C=O) groups is 1. The summed E-state index contributed by atoms with van der Waals surface area (Å²) >= 11 is 0. The minimum Gasteiger partial charge on any atom is -0.399 e. The van der Waals surface area contributed by atoms with Gasteiger partial charge in [-0.25, -0.2) is 0 Å². The fraction of sp³-hybridized carbons (Fsp3) is 0.417. The van der Waals surface area contributed by atoms with E-state index in [4.69, 9.17) is 5.73 Å². The molecule has 0 atom stereocenters. The third-order valence-corrected chi connectivity index (χ3v) is 2.79. The highest BCUT2D eigenvalue weighted by molar-refractivity contribution is 5.98. The summed E-state index contributed by atoms with van der Waals surface area (Å²) in [6.45, 7) is 3.70. The molecule has 0 saturated heterocycles. The Kier molecular flexibility index (Phi) is 2.62. The molecule has 3 heteroatoms. The van der Waals surface area contributed by atoms with Crippen molar-refractivity contribution in [3.8, 4) is 0 Å². The second-order valence-corrected chi connectivity index (χ2v) is 4.00. The Morgan fingerprint density at radius 2 is 2.27 bits per heavy atom. The number of hydrogen-bond acceptors (Lipinski definition) is 2. The van der Waals surface area contributed by atoms with E-state index in [1.165, 1.54) is 0 Å². The highest BCUT2D eigenvalue weighted by Gasteiger charge is 2.26. The van der Waals surface area contributed by atoms with Gasteiger partial charge in [0.05, 0.1) is 0 Å². The van der Waals surface area contributed by atoms with Crippen LogP contribution in [0.15, 0.2) is 18.2 Å². The van der Waals surface area contributed by atoms with Crippen LogP contribution in [0, 0.1) is 0 Å². The van der Waals surface area contributed by atoms with Crippen LogP contribution in [-0.4, -0.2) is 17.4 Å². The molecule has 2 N–H and O–H groups in total. The van der Waals surface area contributed by atoms with Gasteiger partial charge < -0.3 is 10.6 Å². The first kappa shape index (κ1) is 10.0. The first-order valence-corrected chi connectivity index (χ1v) is 5.40. The number of benzene rings is 1. The van der Waals surface area contributed by atoms with E-state index < -0.39 is 0 Å². The third kappa shape index (κ3) is 1.82. The lowest BCUT2D eigenvalue weighted by atomic mass is 10.1. The Labute approximate surface area is 89.9 Å². The molecule has 1 aromatic carbocycles. The van der Waals surface area contributed by atoms with Crippen LogP contribution in [0.1, 0.15) is 35.7 Å². The summed E-state index contributed by atoms with van der Waals surface area (Å²) < 4.78 is 0. The van der Waals surface area contributed by atoms with Gasteiger partial charge in [-0.2, -0.15) is 0 Å². The van der Waals surface area contributed by atoms with E-state index in [2.05, 4.69) is 6.92 Å². The van der Waals surface area contributed by atoms with Crippen molar-refractivity contribution in [1.29, 1.82) is 0 Å². The fourth-order valence-corrected chi connectivity index (χ4v) is 1.93. The molecule has 1 heterocycles. The van der Waals surface area contributed by atoms with Crippen molar-refractivity contribution in [3.63, 3.8) is 0 Å². The zero-order chi connectivity index (χ0) is 10.8. The normalized spacial score (nSPS) is 14.5. The lowest BCUT2D eigenvalue weighted by Crippen LogP contribution is -2.24. The average Bonchev–Trinajstić information content (AvgIpc) is 2.52. The number of unbranched alkanes of at least 4 members (excludes halogenated alkanes) is 1. The molecule has 2 rings (SSSR count). The molecule has 0 saturated carbocycles. The first-order chi connectivity index (χ1) is 7.22. The van der Waals surface area contributed by atoms with Crippen LogP contribution in [0.4, 0.5) is 5.69 Å². The lowest BCUT2D eigenvalue weighted by molar-refractivity contribution is 0.0776. The number of hydrogen-bond donors (Lipinski definition) is 1. The number of nitrogens with zero attached hydrogens (tertiary/aromatic N) is 1. The number of fused-ring (bicyclic) bond motifs is 1. The van der Waals surface area contributed by atoms with Gasteiger partial charge in [0.25, 0.3) is 5.91 Å². The molecule has 80 valence electrons. The van der Waals surface area contributed by atoms with E-state index in [9.17, 15) is 4.79 Å². The van der Waals surface area contributed by atoms with Gasteiger partial charge in [-0.3, -0.25) is 4.79 Å². The van der Waals surface area contributed by atoms with E-state index in [1.807, 2.05) is 17.0 Å². The van der Waals surface area contributed by atoms with Crippen LogP contribution >= 0.6 is 0 Å². The zero-order valence-corrected chi connectivity index (χ0v) is 8.99. The van der Waals surface area contributed by atoms with Crippen molar-refractivity contribution < 1.29 is 4.79 Å². The molecule has 1 aliphatic rings. The standard InChI is InChI=1S/C12H16N2O/c1-2-3-6-14-8-9-7-10(13)4-5-11(9)12(14)15/h4-5,7H,2-3,6,8,13H2,1H3. The van der Waals surface area contributed by atoms with Gasteiger partial charge in [-0.1, -0.05) is 13.3 Å². The minimum atomic E-state index is 0.151. The SMILES string of the molecule is CCCCN1Cc2cc(N)ccc2C1=O. The smallest absolute Gasteiger partial charge is 0.254 e. The molecule has 3 nitrogen and oxygen atoms in total. The summed E-state index contributed by atoms with van der Waals surface area (Å²) in [5, 5.41) is 0. The third-order valence-electron chi connectivity index (χ3n) is 2.79. The van der Waals surface area contributed by atoms with E-state index in [-0.39, 0.29) is 5.91 Å². The van der Waals surface area contributed by atoms with Gasteiger partial charge in [0, 0.05) is 24.3 Å². The Balaban J connectivity index is 2.18. The molecule has 0 aromatic heterocycles. The molecule has 1 amide bonds. The lowest BCUT2D eigenvalue weighted by Gasteiger charge is -2.14. The van der Waals surface area contributed by atoms with E-state index in [1.54, 1.807) is 6.07 Å². The Bertz CT molecular complexity index is 387. The Morgan fingerprint density at radius 1 is 1.47 bits per heavy atom. The number of nitrogen functional groups attached to an aromatic ring is 1. The second kappa shape index (κ2) is 3.93. The van der Waals surface area contributed by atoms with Gasteiger partial charge in [-0.15, -0.1) is 0 Å². The maximum atomic E-state index is 11.9. The average molecular weight is 204 g/mol.